The number of carbonyl (C=O) groups is 2. The quantitative estimate of drug-likeness (QED) is 0.694. The van der Waals surface area contributed by atoms with Gasteiger partial charge in [0.15, 0.2) is 6.61 Å². The van der Waals surface area contributed by atoms with Gasteiger partial charge in [-0.05, 0) is 30.8 Å². The highest BCUT2D eigenvalue weighted by Crippen LogP contribution is 2.26. The minimum Gasteiger partial charge on any atom is -0.482 e. The van der Waals surface area contributed by atoms with Crippen molar-refractivity contribution in [3.63, 3.8) is 0 Å². The number of ether oxygens (including phenoxy) is 1. The number of hydrogen-bond acceptors (Lipinski definition) is 6. The molecule has 2 amide bonds. The molecular weight excluding hydrogens is 382 g/mol. The van der Waals surface area contributed by atoms with Crippen LogP contribution in [0.15, 0.2) is 23.3 Å². The van der Waals surface area contributed by atoms with E-state index in [1.54, 1.807) is 12.1 Å². The maximum atomic E-state index is 12.0. The highest BCUT2D eigenvalue weighted by molar-refractivity contribution is 6.32. The van der Waals surface area contributed by atoms with E-state index in [0.29, 0.717) is 30.2 Å². The third-order valence-corrected chi connectivity index (χ3v) is 5.17. The van der Waals surface area contributed by atoms with Gasteiger partial charge in [0.1, 0.15) is 5.75 Å². The fraction of sp³-hybridized carbons (Fsp3) is 0.526. The molecule has 3 rings (SSSR count). The molecule has 2 N–H and O–H groups in total. The van der Waals surface area contributed by atoms with Gasteiger partial charge in [0.05, 0.1) is 10.7 Å². The van der Waals surface area contributed by atoms with Crippen molar-refractivity contribution in [3.8, 4) is 5.75 Å². The Morgan fingerprint density at radius 3 is 2.75 bits per heavy atom. The molecule has 0 radical (unpaired) electrons. The van der Waals surface area contributed by atoms with Crippen LogP contribution in [0.5, 0.6) is 5.75 Å². The predicted molar refractivity (Wildman–Crippen MR) is 108 cm³/mol. The molecule has 9 heteroatoms. The zero-order valence-corrected chi connectivity index (χ0v) is 16.8. The Hall–Kier alpha value is -2.16. The van der Waals surface area contributed by atoms with Crippen LogP contribution in [-0.2, 0) is 9.59 Å². The first-order valence-corrected chi connectivity index (χ1v) is 9.85. The van der Waals surface area contributed by atoms with E-state index in [1.807, 2.05) is 6.07 Å². The van der Waals surface area contributed by atoms with Crippen LogP contribution < -0.4 is 15.5 Å². The van der Waals surface area contributed by atoms with Gasteiger partial charge in [0, 0.05) is 52.1 Å². The van der Waals surface area contributed by atoms with E-state index < -0.39 is 0 Å². The molecule has 0 atom stereocenters. The van der Waals surface area contributed by atoms with Crippen LogP contribution in [0.4, 0.5) is 0 Å². The molecule has 2 aliphatic rings. The molecule has 0 aromatic heterocycles. The van der Waals surface area contributed by atoms with Crippen molar-refractivity contribution >= 4 is 29.1 Å². The van der Waals surface area contributed by atoms with Crippen molar-refractivity contribution in [2.45, 2.75) is 12.8 Å². The highest BCUT2D eigenvalue weighted by atomic mass is 35.5. The van der Waals surface area contributed by atoms with E-state index in [2.05, 4.69) is 32.7 Å². The van der Waals surface area contributed by atoms with Gasteiger partial charge in [-0.3, -0.25) is 14.5 Å². The van der Waals surface area contributed by atoms with Gasteiger partial charge in [-0.1, -0.05) is 11.6 Å². The number of carbonyl (C=O) groups excluding carboxylic acids is 2. The lowest BCUT2D eigenvalue weighted by molar-refractivity contribution is -0.123. The molecule has 1 aromatic rings. The summed E-state index contributed by atoms with van der Waals surface area (Å²) in [6.45, 7) is 5.53. The SMILES string of the molecule is CN1CCN(CCNC(=O)COc2ccc(C3=NNC(=O)CC3)cc2Cl)CC1. The standard InChI is InChI=1S/C19H26ClN5O3/c1-24-8-10-25(11-9-24)7-6-21-19(27)13-28-17-4-2-14(12-15(17)20)16-3-5-18(26)23-22-16/h2,4,12H,3,5-11,13H2,1H3,(H,21,27)(H,23,26). The van der Waals surface area contributed by atoms with Crippen molar-refractivity contribution in [2.24, 2.45) is 5.10 Å². The zero-order valence-electron chi connectivity index (χ0n) is 16.0. The molecule has 1 saturated heterocycles. The van der Waals surface area contributed by atoms with Gasteiger partial charge >= 0.3 is 0 Å². The molecular formula is C19H26ClN5O3. The van der Waals surface area contributed by atoms with Crippen molar-refractivity contribution in [1.82, 2.24) is 20.5 Å². The largest absolute Gasteiger partial charge is 0.482 e. The summed E-state index contributed by atoms with van der Waals surface area (Å²) < 4.78 is 5.54. The Morgan fingerprint density at radius 1 is 1.29 bits per heavy atom. The van der Waals surface area contributed by atoms with Gasteiger partial charge in [0.25, 0.3) is 5.91 Å². The fourth-order valence-electron chi connectivity index (χ4n) is 3.10. The predicted octanol–water partition coefficient (Wildman–Crippen LogP) is 0.697. The Balaban J connectivity index is 1.41. The second-order valence-electron chi connectivity index (χ2n) is 7.02. The topological polar surface area (TPSA) is 86.3 Å². The third-order valence-electron chi connectivity index (χ3n) is 4.87. The van der Waals surface area contributed by atoms with Crippen LogP contribution in [0.2, 0.25) is 5.02 Å². The number of halogens is 1. The normalized spacial score (nSPS) is 18.4. The summed E-state index contributed by atoms with van der Waals surface area (Å²) in [5.41, 5.74) is 4.07. The Labute approximate surface area is 169 Å². The fourth-order valence-corrected chi connectivity index (χ4v) is 3.33. The highest BCUT2D eigenvalue weighted by Gasteiger charge is 2.16. The van der Waals surface area contributed by atoms with Crippen LogP contribution in [0, 0.1) is 0 Å². The lowest BCUT2D eigenvalue weighted by Gasteiger charge is -2.32. The van der Waals surface area contributed by atoms with E-state index in [-0.39, 0.29) is 18.4 Å². The molecule has 2 aliphatic heterocycles. The van der Waals surface area contributed by atoms with Gasteiger partial charge in [-0.15, -0.1) is 0 Å². The molecule has 0 spiro atoms. The van der Waals surface area contributed by atoms with Crippen LogP contribution >= 0.6 is 11.6 Å². The summed E-state index contributed by atoms with van der Waals surface area (Å²) >= 11 is 6.27. The summed E-state index contributed by atoms with van der Waals surface area (Å²) in [4.78, 5) is 27.8. The van der Waals surface area contributed by atoms with E-state index >= 15 is 0 Å². The molecule has 0 unspecified atom stereocenters. The number of piperazine rings is 1. The number of nitrogens with one attached hydrogen (secondary N) is 2. The first-order valence-electron chi connectivity index (χ1n) is 9.47. The zero-order chi connectivity index (χ0) is 19.9. The van der Waals surface area contributed by atoms with E-state index in [9.17, 15) is 9.59 Å². The maximum absolute atomic E-state index is 12.0. The number of likely N-dealkylation sites (N-methyl/N-ethyl adjacent to an activating group) is 1. The molecule has 2 heterocycles. The average Bonchev–Trinajstić information content (AvgIpc) is 2.69. The second kappa shape index (κ2) is 9.86. The van der Waals surface area contributed by atoms with Gasteiger partial charge in [0.2, 0.25) is 5.91 Å². The number of hydrazone groups is 1. The summed E-state index contributed by atoms with van der Waals surface area (Å²) in [5.74, 6) is 0.183. The molecule has 8 nitrogen and oxygen atoms in total. The van der Waals surface area contributed by atoms with Gasteiger partial charge < -0.3 is 15.0 Å². The molecule has 1 fully saturated rings. The number of rotatable bonds is 7. The van der Waals surface area contributed by atoms with E-state index in [0.717, 1.165) is 44.0 Å². The maximum Gasteiger partial charge on any atom is 0.257 e. The summed E-state index contributed by atoms with van der Waals surface area (Å²) in [6, 6.07) is 5.27. The third kappa shape index (κ3) is 5.92. The van der Waals surface area contributed by atoms with Gasteiger partial charge in [-0.25, -0.2) is 5.43 Å². The van der Waals surface area contributed by atoms with E-state index in [1.165, 1.54) is 0 Å². The average molecular weight is 408 g/mol. The molecule has 152 valence electrons. The molecule has 0 bridgehead atoms. The minimum absolute atomic E-state index is 0.0845. The Bertz CT molecular complexity index is 747. The van der Waals surface area contributed by atoms with Crippen LogP contribution in [0.25, 0.3) is 0 Å². The van der Waals surface area contributed by atoms with Crippen LogP contribution in [0.3, 0.4) is 0 Å². The Morgan fingerprint density at radius 2 is 2.07 bits per heavy atom. The van der Waals surface area contributed by atoms with Crippen molar-refractivity contribution in [3.05, 3.63) is 28.8 Å². The second-order valence-corrected chi connectivity index (χ2v) is 7.43. The van der Waals surface area contributed by atoms with Gasteiger partial charge in [-0.2, -0.15) is 5.10 Å². The van der Waals surface area contributed by atoms with Crippen molar-refractivity contribution in [2.75, 3.05) is 52.9 Å². The lowest BCUT2D eigenvalue weighted by atomic mass is 10.0. The first kappa shape index (κ1) is 20.6. The molecule has 0 aliphatic carbocycles. The van der Waals surface area contributed by atoms with Crippen LogP contribution in [0.1, 0.15) is 18.4 Å². The van der Waals surface area contributed by atoms with Crippen LogP contribution in [-0.4, -0.2) is 80.2 Å². The number of hydrogen-bond donors (Lipinski definition) is 2. The Kier molecular flexibility index (Phi) is 7.24. The lowest BCUT2D eigenvalue weighted by Crippen LogP contribution is -2.47. The first-order chi connectivity index (χ1) is 13.5. The number of amides is 2. The molecule has 1 aromatic carbocycles. The number of benzene rings is 1. The minimum atomic E-state index is -0.173. The summed E-state index contributed by atoms with van der Waals surface area (Å²) in [6.07, 6.45) is 0.973. The summed E-state index contributed by atoms with van der Waals surface area (Å²) in [7, 11) is 2.12. The molecule has 0 saturated carbocycles. The monoisotopic (exact) mass is 407 g/mol. The summed E-state index contributed by atoms with van der Waals surface area (Å²) in [5, 5.41) is 7.33. The van der Waals surface area contributed by atoms with E-state index in [4.69, 9.17) is 16.3 Å². The molecule has 28 heavy (non-hydrogen) atoms. The van der Waals surface area contributed by atoms with Crippen molar-refractivity contribution < 1.29 is 14.3 Å². The smallest absolute Gasteiger partial charge is 0.257 e. The number of nitrogens with zero attached hydrogens (tertiary/aromatic N) is 3. The van der Waals surface area contributed by atoms with Crippen molar-refractivity contribution in [1.29, 1.82) is 0 Å².